The van der Waals surface area contributed by atoms with E-state index in [1.807, 2.05) is 6.92 Å². The Bertz CT molecular complexity index is 358. The molecule has 1 rings (SSSR count). The Morgan fingerprint density at radius 3 is 2.28 bits per heavy atom. The van der Waals surface area contributed by atoms with Crippen LogP contribution >= 0.6 is 0 Å². The molecule has 1 N–H and O–H groups in total. The maximum Gasteiger partial charge on any atom is 0.324 e. The monoisotopic (exact) mass is 254 g/mol. The van der Waals surface area contributed by atoms with Gasteiger partial charge in [0.1, 0.15) is 0 Å². The minimum Gasteiger partial charge on any atom is -0.464 e. The van der Waals surface area contributed by atoms with Gasteiger partial charge in [-0.05, 0) is 19.3 Å². The van der Waals surface area contributed by atoms with Gasteiger partial charge in [0.05, 0.1) is 13.2 Å². The smallest absolute Gasteiger partial charge is 0.324 e. The Morgan fingerprint density at radius 1 is 1.06 bits per heavy atom. The molecule has 0 aromatic carbocycles. The molecule has 0 saturated heterocycles. The van der Waals surface area contributed by atoms with Crippen LogP contribution in [-0.4, -0.2) is 34.7 Å². The zero-order valence-corrected chi connectivity index (χ0v) is 11.6. The third kappa shape index (κ3) is 5.16. The summed E-state index contributed by atoms with van der Waals surface area (Å²) in [7, 11) is 0. The number of hydrogen-bond acceptors (Lipinski definition) is 6. The number of hydrogen-bond donors (Lipinski definition) is 1. The fourth-order valence-electron chi connectivity index (χ4n) is 1.15. The van der Waals surface area contributed by atoms with Crippen LogP contribution in [-0.2, 0) is 0 Å². The zero-order chi connectivity index (χ0) is 13.4. The van der Waals surface area contributed by atoms with E-state index < -0.39 is 0 Å². The van der Waals surface area contributed by atoms with Crippen LogP contribution < -0.4 is 14.8 Å². The molecule has 1 aromatic rings. The predicted octanol–water partition coefficient (Wildman–Crippen LogP) is 2.13. The highest BCUT2D eigenvalue weighted by atomic mass is 16.5. The van der Waals surface area contributed by atoms with Gasteiger partial charge in [-0.1, -0.05) is 20.8 Å². The SMILES string of the molecule is CCCNc1nc(OCC)nc(OCC(C)C)n1. The number of aromatic nitrogens is 3. The molecule has 6 nitrogen and oxygen atoms in total. The lowest BCUT2D eigenvalue weighted by Crippen LogP contribution is -2.12. The summed E-state index contributed by atoms with van der Waals surface area (Å²) < 4.78 is 10.8. The van der Waals surface area contributed by atoms with E-state index in [1.54, 1.807) is 0 Å². The Morgan fingerprint density at radius 2 is 1.72 bits per heavy atom. The quantitative estimate of drug-likeness (QED) is 0.766. The van der Waals surface area contributed by atoms with Crippen molar-refractivity contribution >= 4 is 5.95 Å². The summed E-state index contributed by atoms with van der Waals surface area (Å²) >= 11 is 0. The van der Waals surface area contributed by atoms with Crippen molar-refractivity contribution in [3.63, 3.8) is 0 Å². The first-order valence-electron chi connectivity index (χ1n) is 6.41. The summed E-state index contributed by atoms with van der Waals surface area (Å²) in [6.07, 6.45) is 0.998. The largest absolute Gasteiger partial charge is 0.464 e. The molecule has 0 fully saturated rings. The lowest BCUT2D eigenvalue weighted by molar-refractivity contribution is 0.240. The van der Waals surface area contributed by atoms with Gasteiger partial charge in [-0.2, -0.15) is 9.97 Å². The first-order chi connectivity index (χ1) is 8.65. The van der Waals surface area contributed by atoms with Crippen molar-refractivity contribution in [1.82, 2.24) is 15.0 Å². The molecule has 0 radical (unpaired) electrons. The van der Waals surface area contributed by atoms with Gasteiger partial charge < -0.3 is 14.8 Å². The van der Waals surface area contributed by atoms with E-state index in [0.717, 1.165) is 13.0 Å². The summed E-state index contributed by atoms with van der Waals surface area (Å²) in [5, 5.41) is 3.10. The molecule has 6 heteroatoms. The van der Waals surface area contributed by atoms with Crippen molar-refractivity contribution in [3.05, 3.63) is 0 Å². The molecule has 0 unspecified atom stereocenters. The number of nitrogens with one attached hydrogen (secondary N) is 1. The first-order valence-corrected chi connectivity index (χ1v) is 6.41. The van der Waals surface area contributed by atoms with E-state index in [9.17, 15) is 0 Å². The second-order valence-corrected chi connectivity index (χ2v) is 4.29. The number of anilines is 1. The topological polar surface area (TPSA) is 69.2 Å². The van der Waals surface area contributed by atoms with E-state index in [-0.39, 0.29) is 0 Å². The minimum absolute atomic E-state index is 0.296. The third-order valence-corrected chi connectivity index (χ3v) is 1.95. The van der Waals surface area contributed by atoms with Crippen LogP contribution in [0.15, 0.2) is 0 Å². The fraction of sp³-hybridized carbons (Fsp3) is 0.750. The molecule has 0 atom stereocenters. The average Bonchev–Trinajstić information content (AvgIpc) is 2.34. The molecule has 0 aliphatic rings. The normalized spacial score (nSPS) is 10.5. The number of nitrogens with zero attached hydrogens (tertiary/aromatic N) is 3. The van der Waals surface area contributed by atoms with Crippen LogP contribution in [0.4, 0.5) is 5.95 Å². The Hall–Kier alpha value is -1.59. The van der Waals surface area contributed by atoms with Crippen molar-refractivity contribution in [3.8, 4) is 12.0 Å². The molecular formula is C12H22N4O2. The summed E-state index contributed by atoms with van der Waals surface area (Å²) in [6.45, 7) is 10.00. The minimum atomic E-state index is 0.296. The lowest BCUT2D eigenvalue weighted by Gasteiger charge is -2.10. The van der Waals surface area contributed by atoms with E-state index in [4.69, 9.17) is 9.47 Å². The van der Waals surface area contributed by atoms with Crippen molar-refractivity contribution in [2.45, 2.75) is 34.1 Å². The maximum atomic E-state index is 5.49. The summed E-state index contributed by atoms with van der Waals surface area (Å²) in [4.78, 5) is 12.4. The molecule has 0 saturated carbocycles. The third-order valence-electron chi connectivity index (χ3n) is 1.95. The van der Waals surface area contributed by atoms with Gasteiger partial charge in [-0.3, -0.25) is 0 Å². The zero-order valence-electron chi connectivity index (χ0n) is 11.6. The molecule has 102 valence electrons. The van der Waals surface area contributed by atoms with Crippen LogP contribution in [0, 0.1) is 5.92 Å². The molecule has 0 aliphatic carbocycles. The maximum absolute atomic E-state index is 5.49. The van der Waals surface area contributed by atoms with Crippen molar-refractivity contribution in [2.75, 3.05) is 25.1 Å². The molecule has 1 heterocycles. The summed E-state index contributed by atoms with van der Waals surface area (Å²) in [5.41, 5.74) is 0. The lowest BCUT2D eigenvalue weighted by atomic mass is 10.2. The van der Waals surface area contributed by atoms with E-state index >= 15 is 0 Å². The highest BCUT2D eigenvalue weighted by Gasteiger charge is 2.08. The first kappa shape index (κ1) is 14.5. The molecule has 0 amide bonds. The average molecular weight is 254 g/mol. The number of ether oxygens (including phenoxy) is 2. The van der Waals surface area contributed by atoms with Gasteiger partial charge in [0.15, 0.2) is 0 Å². The Kier molecular flexibility index (Phi) is 6.18. The second-order valence-electron chi connectivity index (χ2n) is 4.29. The second kappa shape index (κ2) is 7.68. The highest BCUT2D eigenvalue weighted by Crippen LogP contribution is 2.13. The predicted molar refractivity (Wildman–Crippen MR) is 70.1 cm³/mol. The van der Waals surface area contributed by atoms with Crippen molar-refractivity contribution < 1.29 is 9.47 Å². The van der Waals surface area contributed by atoms with E-state index in [2.05, 4.69) is 41.0 Å². The molecule has 1 aromatic heterocycles. The molecule has 0 aliphatic heterocycles. The van der Waals surface area contributed by atoms with Crippen LogP contribution in [0.3, 0.4) is 0 Å². The highest BCUT2D eigenvalue weighted by molar-refractivity contribution is 5.27. The van der Waals surface area contributed by atoms with Crippen LogP contribution in [0.1, 0.15) is 34.1 Å². The van der Waals surface area contributed by atoms with Gasteiger partial charge in [-0.25, -0.2) is 0 Å². The fourth-order valence-corrected chi connectivity index (χ4v) is 1.15. The van der Waals surface area contributed by atoms with Crippen LogP contribution in [0.2, 0.25) is 0 Å². The van der Waals surface area contributed by atoms with Gasteiger partial charge in [-0.15, -0.1) is 4.98 Å². The van der Waals surface area contributed by atoms with Crippen molar-refractivity contribution in [2.24, 2.45) is 5.92 Å². The molecule has 0 spiro atoms. The van der Waals surface area contributed by atoms with Crippen LogP contribution in [0.5, 0.6) is 12.0 Å². The van der Waals surface area contributed by atoms with Gasteiger partial charge in [0.2, 0.25) is 5.95 Å². The van der Waals surface area contributed by atoms with E-state index in [1.165, 1.54) is 0 Å². The standard InChI is InChI=1S/C12H22N4O2/c1-5-7-13-10-14-11(17-6-2)16-12(15-10)18-8-9(3)4/h9H,5-8H2,1-4H3,(H,13,14,15,16). The number of rotatable bonds is 8. The summed E-state index contributed by atoms with van der Waals surface area (Å²) in [5.74, 6) is 0.915. The van der Waals surface area contributed by atoms with E-state index in [0.29, 0.717) is 37.1 Å². The summed E-state index contributed by atoms with van der Waals surface area (Å²) in [6, 6.07) is 0.602. The molecular weight excluding hydrogens is 232 g/mol. The van der Waals surface area contributed by atoms with Gasteiger partial charge in [0, 0.05) is 6.54 Å². The molecule has 18 heavy (non-hydrogen) atoms. The van der Waals surface area contributed by atoms with Gasteiger partial charge in [0.25, 0.3) is 0 Å². The van der Waals surface area contributed by atoms with Crippen LogP contribution in [0.25, 0.3) is 0 Å². The van der Waals surface area contributed by atoms with Crippen molar-refractivity contribution in [1.29, 1.82) is 0 Å². The Balaban J connectivity index is 2.76. The molecule has 0 bridgehead atoms. The Labute approximate surface area is 108 Å². The van der Waals surface area contributed by atoms with Gasteiger partial charge >= 0.3 is 12.0 Å².